The Morgan fingerprint density at radius 3 is 2.40 bits per heavy atom. The number of ether oxygens (including phenoxy) is 1. The standard InChI is InChI=1S/C16H24Cl2N2O4S/c1-3-4-10-24-11-6-9-19-16(21)12(2)20-25(22,23)15-13(17)7-5-8-14(15)18/h5,7-8,12,20H,3-4,6,9-11H2,1-2H3,(H,19,21). The maximum absolute atomic E-state index is 12.4. The molecule has 0 spiro atoms. The molecule has 0 bridgehead atoms. The number of benzene rings is 1. The van der Waals surface area contributed by atoms with Crippen molar-refractivity contribution in [3.8, 4) is 0 Å². The van der Waals surface area contributed by atoms with Crippen LogP contribution in [0.15, 0.2) is 23.1 Å². The molecule has 1 aromatic carbocycles. The SMILES string of the molecule is CCCCOCCCNC(=O)C(C)NS(=O)(=O)c1c(Cl)cccc1Cl. The van der Waals surface area contributed by atoms with Crippen molar-refractivity contribution in [3.63, 3.8) is 0 Å². The van der Waals surface area contributed by atoms with Crippen LogP contribution in [0.1, 0.15) is 33.1 Å². The highest BCUT2D eigenvalue weighted by Crippen LogP contribution is 2.28. The molecule has 0 aliphatic carbocycles. The predicted molar refractivity (Wildman–Crippen MR) is 99.6 cm³/mol. The van der Waals surface area contributed by atoms with Crippen LogP contribution in [0.25, 0.3) is 0 Å². The molecule has 0 radical (unpaired) electrons. The van der Waals surface area contributed by atoms with Crippen LogP contribution in [0.5, 0.6) is 0 Å². The average molecular weight is 411 g/mol. The fourth-order valence-electron chi connectivity index (χ4n) is 1.97. The van der Waals surface area contributed by atoms with E-state index in [2.05, 4.69) is 17.0 Å². The summed E-state index contributed by atoms with van der Waals surface area (Å²) in [6.07, 6.45) is 2.74. The van der Waals surface area contributed by atoms with Gasteiger partial charge in [-0.25, -0.2) is 8.42 Å². The number of sulfonamides is 1. The second kappa shape index (κ2) is 11.0. The summed E-state index contributed by atoms with van der Waals surface area (Å²) in [5.74, 6) is -0.430. The molecule has 0 fully saturated rings. The topological polar surface area (TPSA) is 84.5 Å². The fourth-order valence-corrected chi connectivity index (χ4v) is 4.32. The minimum Gasteiger partial charge on any atom is -0.381 e. The lowest BCUT2D eigenvalue weighted by Gasteiger charge is -2.16. The number of halogens is 2. The van der Waals surface area contributed by atoms with Crippen LogP contribution >= 0.6 is 23.2 Å². The maximum atomic E-state index is 12.4. The molecule has 0 saturated heterocycles. The van der Waals surface area contributed by atoms with Crippen LogP contribution in [0.2, 0.25) is 10.0 Å². The molecule has 1 rings (SSSR count). The van der Waals surface area contributed by atoms with Gasteiger partial charge in [-0.05, 0) is 31.9 Å². The van der Waals surface area contributed by atoms with Crippen molar-refractivity contribution in [2.45, 2.75) is 44.0 Å². The van der Waals surface area contributed by atoms with E-state index in [1.807, 2.05) is 0 Å². The minimum absolute atomic E-state index is 0.00293. The molecule has 0 aromatic heterocycles. The van der Waals surface area contributed by atoms with E-state index in [0.717, 1.165) is 12.8 Å². The Morgan fingerprint density at radius 2 is 1.80 bits per heavy atom. The Hall–Kier alpha value is -0.860. The third kappa shape index (κ3) is 7.50. The second-order valence-corrected chi connectivity index (χ2v) is 7.97. The van der Waals surface area contributed by atoms with Gasteiger partial charge in [-0.2, -0.15) is 4.72 Å². The highest BCUT2D eigenvalue weighted by atomic mass is 35.5. The van der Waals surface area contributed by atoms with Crippen LogP contribution in [0, 0.1) is 0 Å². The van der Waals surface area contributed by atoms with Crippen molar-refractivity contribution < 1.29 is 17.9 Å². The number of unbranched alkanes of at least 4 members (excludes halogenated alkanes) is 1. The van der Waals surface area contributed by atoms with Crippen LogP contribution in [-0.2, 0) is 19.6 Å². The lowest BCUT2D eigenvalue weighted by molar-refractivity contribution is -0.122. The Kier molecular flexibility index (Phi) is 9.74. The first-order valence-electron chi connectivity index (χ1n) is 8.11. The van der Waals surface area contributed by atoms with Crippen molar-refractivity contribution in [2.24, 2.45) is 0 Å². The summed E-state index contributed by atoms with van der Waals surface area (Å²) in [6, 6.07) is 3.43. The molecule has 9 heteroatoms. The summed E-state index contributed by atoms with van der Waals surface area (Å²) in [5, 5.41) is 2.66. The van der Waals surface area contributed by atoms with Gasteiger partial charge < -0.3 is 10.1 Å². The number of amides is 1. The van der Waals surface area contributed by atoms with Gasteiger partial charge >= 0.3 is 0 Å². The smallest absolute Gasteiger partial charge is 0.244 e. The molecule has 1 atom stereocenters. The van der Waals surface area contributed by atoms with Crippen LogP contribution in [0.3, 0.4) is 0 Å². The van der Waals surface area contributed by atoms with E-state index in [1.165, 1.54) is 19.1 Å². The number of hydrogen-bond donors (Lipinski definition) is 2. The van der Waals surface area contributed by atoms with Crippen molar-refractivity contribution >= 4 is 39.1 Å². The Labute approximate surface area is 159 Å². The first-order valence-corrected chi connectivity index (χ1v) is 10.3. The van der Waals surface area contributed by atoms with Gasteiger partial charge in [0.1, 0.15) is 4.90 Å². The van der Waals surface area contributed by atoms with Crippen LogP contribution < -0.4 is 10.0 Å². The van der Waals surface area contributed by atoms with Gasteiger partial charge in [-0.3, -0.25) is 4.79 Å². The monoisotopic (exact) mass is 410 g/mol. The summed E-state index contributed by atoms with van der Waals surface area (Å²) in [6.45, 7) is 5.20. The molecule has 25 heavy (non-hydrogen) atoms. The molecular weight excluding hydrogens is 387 g/mol. The third-order valence-electron chi connectivity index (χ3n) is 3.32. The third-order valence-corrected chi connectivity index (χ3v) is 5.81. The lowest BCUT2D eigenvalue weighted by Crippen LogP contribution is -2.45. The fraction of sp³-hybridized carbons (Fsp3) is 0.562. The molecular formula is C16H24Cl2N2O4S. The number of carbonyl (C=O) groups is 1. The van der Waals surface area contributed by atoms with E-state index in [0.29, 0.717) is 26.2 Å². The van der Waals surface area contributed by atoms with E-state index in [9.17, 15) is 13.2 Å². The molecule has 2 N–H and O–H groups in total. The van der Waals surface area contributed by atoms with Gasteiger partial charge in [-0.15, -0.1) is 0 Å². The van der Waals surface area contributed by atoms with E-state index in [4.69, 9.17) is 27.9 Å². The lowest BCUT2D eigenvalue weighted by atomic mass is 10.3. The zero-order valence-corrected chi connectivity index (χ0v) is 16.7. The minimum atomic E-state index is -4.01. The molecule has 0 aliphatic heterocycles. The van der Waals surface area contributed by atoms with Crippen LogP contribution in [0.4, 0.5) is 0 Å². The van der Waals surface area contributed by atoms with Crippen molar-refractivity contribution in [1.29, 1.82) is 0 Å². The summed E-state index contributed by atoms with van der Waals surface area (Å²) >= 11 is 11.8. The van der Waals surface area contributed by atoms with Crippen molar-refractivity contribution in [2.75, 3.05) is 19.8 Å². The Morgan fingerprint density at radius 1 is 1.20 bits per heavy atom. The van der Waals surface area contributed by atoms with E-state index in [1.54, 1.807) is 6.07 Å². The zero-order chi connectivity index (χ0) is 18.9. The number of hydrogen-bond acceptors (Lipinski definition) is 4. The Bertz CT molecular complexity index is 648. The maximum Gasteiger partial charge on any atom is 0.244 e. The summed E-state index contributed by atoms with van der Waals surface area (Å²) in [7, 11) is -4.01. The number of rotatable bonds is 11. The molecule has 1 aromatic rings. The summed E-state index contributed by atoms with van der Waals surface area (Å²) in [5.41, 5.74) is 0. The van der Waals surface area contributed by atoms with E-state index in [-0.39, 0.29) is 14.9 Å². The largest absolute Gasteiger partial charge is 0.381 e. The van der Waals surface area contributed by atoms with E-state index >= 15 is 0 Å². The van der Waals surface area contributed by atoms with Gasteiger partial charge in [0.25, 0.3) is 0 Å². The van der Waals surface area contributed by atoms with Gasteiger partial charge in [0.2, 0.25) is 15.9 Å². The first kappa shape index (κ1) is 22.2. The van der Waals surface area contributed by atoms with Crippen LogP contribution in [-0.4, -0.2) is 40.1 Å². The van der Waals surface area contributed by atoms with Gasteiger partial charge in [0, 0.05) is 19.8 Å². The highest BCUT2D eigenvalue weighted by molar-refractivity contribution is 7.89. The quantitative estimate of drug-likeness (QED) is 0.549. The number of carbonyl (C=O) groups excluding carboxylic acids is 1. The second-order valence-electron chi connectivity index (χ2n) is 5.50. The average Bonchev–Trinajstić information content (AvgIpc) is 2.52. The molecule has 0 heterocycles. The molecule has 1 amide bonds. The van der Waals surface area contributed by atoms with Crippen molar-refractivity contribution in [3.05, 3.63) is 28.2 Å². The van der Waals surface area contributed by atoms with Gasteiger partial charge in [0.15, 0.2) is 0 Å². The summed E-state index contributed by atoms with van der Waals surface area (Å²) < 4.78 is 32.4. The first-order chi connectivity index (χ1) is 11.8. The summed E-state index contributed by atoms with van der Waals surface area (Å²) in [4.78, 5) is 11.8. The molecule has 0 saturated carbocycles. The molecule has 0 aliphatic rings. The predicted octanol–water partition coefficient (Wildman–Crippen LogP) is 2.98. The molecule has 1 unspecified atom stereocenters. The van der Waals surface area contributed by atoms with Crippen molar-refractivity contribution in [1.82, 2.24) is 10.0 Å². The van der Waals surface area contributed by atoms with Gasteiger partial charge in [0.05, 0.1) is 16.1 Å². The van der Waals surface area contributed by atoms with Gasteiger partial charge in [-0.1, -0.05) is 42.6 Å². The molecule has 142 valence electrons. The molecule has 6 nitrogen and oxygen atoms in total. The normalized spacial score (nSPS) is 12.8. The Balaban J connectivity index is 2.49. The highest BCUT2D eigenvalue weighted by Gasteiger charge is 2.26. The number of nitrogens with one attached hydrogen (secondary N) is 2. The van der Waals surface area contributed by atoms with E-state index < -0.39 is 22.0 Å². The zero-order valence-electron chi connectivity index (χ0n) is 14.3.